The van der Waals surface area contributed by atoms with Crippen molar-refractivity contribution in [1.82, 2.24) is 10.2 Å². The molecule has 0 radical (unpaired) electrons. The van der Waals surface area contributed by atoms with Gasteiger partial charge in [-0.25, -0.2) is 0 Å². The first-order valence-electron chi connectivity index (χ1n) is 7.11. The standard InChI is InChI=1S/C14H16F3N3O2/c1-22-12(21)13-6-2-3-9(13)7-20(8-13)11-5-4-10(18-19-11)14(15,16)17/h4-5,9H,2-3,6-8H2,1H3. The van der Waals surface area contributed by atoms with Gasteiger partial charge in [-0.1, -0.05) is 6.42 Å². The summed E-state index contributed by atoms with van der Waals surface area (Å²) in [6.07, 6.45) is -1.87. The second-order valence-electron chi connectivity index (χ2n) is 5.89. The number of alkyl halides is 3. The number of carbonyl (C=O) groups excluding carboxylic acids is 1. The smallest absolute Gasteiger partial charge is 0.435 e. The number of hydrogen-bond acceptors (Lipinski definition) is 5. The number of halogens is 3. The van der Waals surface area contributed by atoms with Crippen molar-refractivity contribution < 1.29 is 22.7 Å². The third-order valence-electron chi connectivity index (χ3n) is 4.73. The summed E-state index contributed by atoms with van der Waals surface area (Å²) >= 11 is 0. The molecule has 1 aliphatic carbocycles. The maximum atomic E-state index is 12.5. The van der Waals surface area contributed by atoms with Gasteiger partial charge in [0.15, 0.2) is 11.5 Å². The third kappa shape index (κ3) is 2.30. The van der Waals surface area contributed by atoms with Crippen molar-refractivity contribution in [3.8, 4) is 0 Å². The highest BCUT2D eigenvalue weighted by Crippen LogP contribution is 2.50. The van der Waals surface area contributed by atoms with Crippen molar-refractivity contribution in [1.29, 1.82) is 0 Å². The van der Waals surface area contributed by atoms with Gasteiger partial charge in [0, 0.05) is 13.1 Å². The van der Waals surface area contributed by atoms with Gasteiger partial charge in [0.2, 0.25) is 0 Å². The molecule has 2 aliphatic rings. The van der Waals surface area contributed by atoms with Gasteiger partial charge in [0.05, 0.1) is 12.5 Å². The Morgan fingerprint density at radius 2 is 2.18 bits per heavy atom. The van der Waals surface area contributed by atoms with Crippen LogP contribution in [0.2, 0.25) is 0 Å². The predicted molar refractivity (Wildman–Crippen MR) is 71.0 cm³/mol. The van der Waals surface area contributed by atoms with Crippen LogP contribution in [0.15, 0.2) is 12.1 Å². The number of rotatable bonds is 2. The molecule has 2 heterocycles. The minimum atomic E-state index is -4.50. The van der Waals surface area contributed by atoms with Gasteiger partial charge < -0.3 is 9.64 Å². The molecule has 5 nitrogen and oxygen atoms in total. The Labute approximate surface area is 125 Å². The number of anilines is 1. The first kappa shape index (κ1) is 15.1. The van der Waals surface area contributed by atoms with Gasteiger partial charge in [-0.15, -0.1) is 10.2 Å². The normalized spacial score (nSPS) is 27.8. The Hall–Kier alpha value is -1.86. The van der Waals surface area contributed by atoms with E-state index < -0.39 is 17.3 Å². The fourth-order valence-electron chi connectivity index (χ4n) is 3.65. The van der Waals surface area contributed by atoms with E-state index in [0.29, 0.717) is 18.9 Å². The first-order valence-corrected chi connectivity index (χ1v) is 7.11. The van der Waals surface area contributed by atoms with Crippen LogP contribution in [-0.4, -0.2) is 36.4 Å². The van der Waals surface area contributed by atoms with E-state index in [4.69, 9.17) is 4.74 Å². The molecule has 2 fully saturated rings. The van der Waals surface area contributed by atoms with E-state index in [1.807, 2.05) is 4.90 Å². The average molecular weight is 315 g/mol. The van der Waals surface area contributed by atoms with Crippen molar-refractivity contribution in [2.45, 2.75) is 25.4 Å². The summed E-state index contributed by atoms with van der Waals surface area (Å²) in [6, 6.07) is 2.23. The molecule has 1 saturated heterocycles. The van der Waals surface area contributed by atoms with Crippen LogP contribution >= 0.6 is 0 Å². The lowest BCUT2D eigenvalue weighted by Crippen LogP contribution is -2.37. The van der Waals surface area contributed by atoms with Crippen molar-refractivity contribution >= 4 is 11.8 Å². The molecule has 0 aromatic carbocycles. The van der Waals surface area contributed by atoms with Crippen LogP contribution < -0.4 is 4.90 Å². The van der Waals surface area contributed by atoms with Gasteiger partial charge in [0.1, 0.15) is 0 Å². The molecule has 3 rings (SSSR count). The lowest BCUT2D eigenvalue weighted by molar-refractivity contribution is -0.152. The Morgan fingerprint density at radius 1 is 1.41 bits per heavy atom. The molecular weight excluding hydrogens is 299 g/mol. The molecule has 0 bridgehead atoms. The maximum Gasteiger partial charge on any atom is 0.435 e. The first-order chi connectivity index (χ1) is 10.4. The Morgan fingerprint density at radius 3 is 2.77 bits per heavy atom. The molecule has 1 saturated carbocycles. The molecular formula is C14H16F3N3O2. The van der Waals surface area contributed by atoms with Gasteiger partial charge in [0.25, 0.3) is 0 Å². The van der Waals surface area contributed by atoms with Crippen LogP contribution in [0.5, 0.6) is 0 Å². The van der Waals surface area contributed by atoms with E-state index in [-0.39, 0.29) is 11.9 Å². The molecule has 120 valence electrons. The Bertz CT molecular complexity index is 576. The maximum absolute atomic E-state index is 12.5. The van der Waals surface area contributed by atoms with Crippen LogP contribution in [0.3, 0.4) is 0 Å². The molecule has 0 amide bonds. The lowest BCUT2D eigenvalue weighted by Gasteiger charge is -2.25. The highest BCUT2D eigenvalue weighted by molar-refractivity contribution is 5.79. The topological polar surface area (TPSA) is 55.3 Å². The quantitative estimate of drug-likeness (QED) is 0.784. The highest BCUT2D eigenvalue weighted by atomic mass is 19.4. The van der Waals surface area contributed by atoms with E-state index in [9.17, 15) is 18.0 Å². The van der Waals surface area contributed by atoms with Crippen LogP contribution in [0.1, 0.15) is 25.0 Å². The minimum Gasteiger partial charge on any atom is -0.469 e. The molecule has 2 unspecified atom stereocenters. The lowest BCUT2D eigenvalue weighted by atomic mass is 9.81. The van der Waals surface area contributed by atoms with Crippen LogP contribution in [-0.2, 0) is 15.7 Å². The summed E-state index contributed by atoms with van der Waals surface area (Å²) < 4.78 is 42.5. The summed E-state index contributed by atoms with van der Waals surface area (Å²) in [4.78, 5) is 14.0. The fourth-order valence-corrected chi connectivity index (χ4v) is 3.65. The molecule has 22 heavy (non-hydrogen) atoms. The predicted octanol–water partition coefficient (Wildman–Crippen LogP) is 2.27. The number of ether oxygens (including phenoxy) is 1. The van der Waals surface area contributed by atoms with E-state index in [2.05, 4.69) is 10.2 Å². The Kier molecular flexibility index (Phi) is 3.49. The van der Waals surface area contributed by atoms with Crippen LogP contribution in [0.4, 0.5) is 19.0 Å². The van der Waals surface area contributed by atoms with Crippen molar-refractivity contribution in [2.24, 2.45) is 11.3 Å². The highest BCUT2D eigenvalue weighted by Gasteiger charge is 2.55. The molecule has 0 spiro atoms. The largest absolute Gasteiger partial charge is 0.469 e. The van der Waals surface area contributed by atoms with Crippen LogP contribution in [0.25, 0.3) is 0 Å². The average Bonchev–Trinajstić information content (AvgIpc) is 3.03. The number of fused-ring (bicyclic) bond motifs is 1. The summed E-state index contributed by atoms with van der Waals surface area (Å²) in [5, 5.41) is 6.92. The van der Waals surface area contributed by atoms with E-state index in [0.717, 1.165) is 25.3 Å². The number of hydrogen-bond donors (Lipinski definition) is 0. The van der Waals surface area contributed by atoms with Gasteiger partial charge in [-0.2, -0.15) is 13.2 Å². The number of carbonyl (C=O) groups is 1. The molecule has 8 heteroatoms. The van der Waals surface area contributed by atoms with E-state index in [1.54, 1.807) is 0 Å². The van der Waals surface area contributed by atoms with E-state index >= 15 is 0 Å². The third-order valence-corrected chi connectivity index (χ3v) is 4.73. The molecule has 2 atom stereocenters. The van der Waals surface area contributed by atoms with Crippen LogP contribution in [0, 0.1) is 11.3 Å². The second-order valence-corrected chi connectivity index (χ2v) is 5.89. The summed E-state index contributed by atoms with van der Waals surface area (Å²) in [7, 11) is 1.37. The molecule has 1 aromatic rings. The molecule has 1 aromatic heterocycles. The zero-order valence-corrected chi connectivity index (χ0v) is 12.1. The summed E-state index contributed by atoms with van der Waals surface area (Å²) in [5.74, 6) is 0.284. The van der Waals surface area contributed by atoms with Crippen molar-refractivity contribution in [3.05, 3.63) is 17.8 Å². The van der Waals surface area contributed by atoms with E-state index in [1.165, 1.54) is 13.2 Å². The zero-order chi connectivity index (χ0) is 16.0. The van der Waals surface area contributed by atoms with Gasteiger partial charge in [-0.05, 0) is 30.9 Å². The number of aromatic nitrogens is 2. The second kappa shape index (κ2) is 5.10. The zero-order valence-electron chi connectivity index (χ0n) is 12.1. The molecule has 0 N–H and O–H groups in total. The van der Waals surface area contributed by atoms with Gasteiger partial charge in [-0.3, -0.25) is 4.79 Å². The number of nitrogens with zero attached hydrogens (tertiary/aromatic N) is 3. The molecule has 1 aliphatic heterocycles. The van der Waals surface area contributed by atoms with Gasteiger partial charge >= 0.3 is 12.1 Å². The van der Waals surface area contributed by atoms with Crippen molar-refractivity contribution in [3.63, 3.8) is 0 Å². The minimum absolute atomic E-state index is 0.157. The monoisotopic (exact) mass is 315 g/mol. The summed E-state index contributed by atoms with van der Waals surface area (Å²) in [6.45, 7) is 1.01. The Balaban J connectivity index is 1.82. The number of methoxy groups -OCH3 is 1. The van der Waals surface area contributed by atoms with Crippen molar-refractivity contribution in [2.75, 3.05) is 25.1 Å². The number of esters is 1. The fraction of sp³-hybridized carbons (Fsp3) is 0.643. The summed E-state index contributed by atoms with van der Waals surface area (Å²) in [5.41, 5.74) is -1.57. The SMILES string of the molecule is COC(=O)C12CCCC1CN(c1ccc(C(F)(F)F)nn1)C2.